The molecule has 0 aromatic heterocycles. The molecule has 0 aromatic rings. The van der Waals surface area contributed by atoms with Crippen LogP contribution >= 0.6 is 11.8 Å². The lowest BCUT2D eigenvalue weighted by Crippen LogP contribution is -2.31. The molecule has 2 rings (SSSR count). The molecule has 4 heteroatoms. The van der Waals surface area contributed by atoms with Gasteiger partial charge in [-0.05, 0) is 18.1 Å². The van der Waals surface area contributed by atoms with Crippen LogP contribution in [0.1, 0.15) is 6.42 Å². The summed E-state index contributed by atoms with van der Waals surface area (Å²) in [7, 11) is 0. The monoisotopic (exact) mass is 214 g/mol. The van der Waals surface area contributed by atoms with E-state index in [9.17, 15) is 4.79 Å². The van der Waals surface area contributed by atoms with E-state index in [-0.39, 0.29) is 0 Å². The second-order valence-corrected chi connectivity index (χ2v) is 5.21. The minimum Gasteiger partial charge on any atom is -0.342 e. The number of hydrogen-bond acceptors (Lipinski definition) is 3. The van der Waals surface area contributed by atoms with Crippen molar-refractivity contribution in [2.24, 2.45) is 11.8 Å². The second-order valence-electron chi connectivity index (χ2n) is 4.22. The largest absolute Gasteiger partial charge is 0.342 e. The number of fused-ring (bicyclic) bond motifs is 1. The Kier molecular flexibility index (Phi) is 3.34. The van der Waals surface area contributed by atoms with Gasteiger partial charge in [-0.15, -0.1) is 0 Å². The Morgan fingerprint density at radius 1 is 1.43 bits per heavy atom. The predicted octanol–water partition coefficient (Wildman–Crippen LogP) is 0.417. The summed E-state index contributed by atoms with van der Waals surface area (Å²) >= 11 is 1.75. The van der Waals surface area contributed by atoms with E-state index in [0.717, 1.165) is 43.8 Å². The van der Waals surface area contributed by atoms with Gasteiger partial charge in [0, 0.05) is 38.4 Å². The average Bonchev–Trinajstić information content (AvgIpc) is 2.72. The molecule has 2 aliphatic heterocycles. The number of rotatable bonds is 3. The molecule has 80 valence electrons. The van der Waals surface area contributed by atoms with Gasteiger partial charge >= 0.3 is 0 Å². The van der Waals surface area contributed by atoms with Crippen LogP contribution in [0, 0.1) is 11.8 Å². The summed E-state index contributed by atoms with van der Waals surface area (Å²) in [5.41, 5.74) is 0. The Labute approximate surface area is 89.6 Å². The first kappa shape index (κ1) is 10.3. The number of carbonyl (C=O) groups excluding carboxylic acids is 1. The summed E-state index contributed by atoms with van der Waals surface area (Å²) < 4.78 is 0. The number of carbonyl (C=O) groups is 1. The van der Waals surface area contributed by atoms with E-state index in [1.54, 1.807) is 11.8 Å². The van der Waals surface area contributed by atoms with Gasteiger partial charge in [-0.1, -0.05) is 0 Å². The molecule has 0 spiro atoms. The van der Waals surface area contributed by atoms with Gasteiger partial charge in [-0.2, -0.15) is 11.8 Å². The molecule has 0 aliphatic carbocycles. The maximum atomic E-state index is 11.7. The fourth-order valence-corrected chi connectivity index (χ4v) is 2.79. The first-order valence-corrected chi connectivity index (χ1v) is 6.68. The van der Waals surface area contributed by atoms with Crippen LogP contribution < -0.4 is 5.32 Å². The zero-order valence-electron chi connectivity index (χ0n) is 8.66. The van der Waals surface area contributed by atoms with Crippen LogP contribution in [0.15, 0.2) is 0 Å². The zero-order valence-corrected chi connectivity index (χ0v) is 9.48. The summed E-state index contributed by atoms with van der Waals surface area (Å²) in [6.07, 6.45) is 2.77. The minimum absolute atomic E-state index is 0.355. The van der Waals surface area contributed by atoms with Gasteiger partial charge in [0.1, 0.15) is 0 Å². The molecular weight excluding hydrogens is 196 g/mol. The maximum Gasteiger partial charge on any atom is 0.223 e. The lowest BCUT2D eigenvalue weighted by atomic mass is 10.0. The number of thioether (sulfide) groups is 1. The van der Waals surface area contributed by atoms with E-state index in [2.05, 4.69) is 16.5 Å². The molecule has 14 heavy (non-hydrogen) atoms. The fraction of sp³-hybridized carbons (Fsp3) is 0.900. The first-order chi connectivity index (χ1) is 6.81. The van der Waals surface area contributed by atoms with E-state index < -0.39 is 0 Å². The van der Waals surface area contributed by atoms with Crippen LogP contribution in [-0.4, -0.2) is 49.0 Å². The molecule has 2 aliphatic rings. The third-order valence-electron chi connectivity index (χ3n) is 3.26. The normalized spacial score (nSPS) is 30.8. The standard InChI is InChI=1S/C10H18N2OS/c1-14-3-2-10(13)12-6-8-4-11-5-9(8)7-12/h8-9,11H,2-7H2,1H3/t8-,9+. The first-order valence-electron chi connectivity index (χ1n) is 5.28. The van der Waals surface area contributed by atoms with Gasteiger partial charge in [0.2, 0.25) is 5.91 Å². The third kappa shape index (κ3) is 2.06. The molecule has 0 aromatic carbocycles. The summed E-state index contributed by atoms with van der Waals surface area (Å²) in [5.74, 6) is 2.78. The molecule has 3 nitrogen and oxygen atoms in total. The highest BCUT2D eigenvalue weighted by Gasteiger charge is 2.37. The Bertz CT molecular complexity index is 210. The summed E-state index contributed by atoms with van der Waals surface area (Å²) in [4.78, 5) is 13.8. The van der Waals surface area contributed by atoms with E-state index in [0.29, 0.717) is 12.3 Å². The summed E-state index contributed by atoms with van der Waals surface area (Å²) in [5, 5.41) is 3.38. The zero-order chi connectivity index (χ0) is 9.97. The molecule has 0 radical (unpaired) electrons. The van der Waals surface area contributed by atoms with Crippen LogP contribution in [0.3, 0.4) is 0 Å². The molecular formula is C10H18N2OS. The number of hydrogen-bond donors (Lipinski definition) is 1. The lowest BCUT2D eigenvalue weighted by molar-refractivity contribution is -0.129. The van der Waals surface area contributed by atoms with E-state index in [4.69, 9.17) is 0 Å². The van der Waals surface area contributed by atoms with Crippen LogP contribution in [0.2, 0.25) is 0 Å². The molecule has 1 N–H and O–H groups in total. The highest BCUT2D eigenvalue weighted by atomic mass is 32.2. The van der Waals surface area contributed by atoms with Crippen molar-refractivity contribution in [3.63, 3.8) is 0 Å². The van der Waals surface area contributed by atoms with E-state index in [1.807, 2.05) is 0 Å². The highest BCUT2D eigenvalue weighted by Crippen LogP contribution is 2.26. The van der Waals surface area contributed by atoms with Crippen LogP contribution in [-0.2, 0) is 4.79 Å². The van der Waals surface area contributed by atoms with Gasteiger partial charge in [0.25, 0.3) is 0 Å². The maximum absolute atomic E-state index is 11.7. The average molecular weight is 214 g/mol. The van der Waals surface area contributed by atoms with E-state index >= 15 is 0 Å². The molecule has 2 saturated heterocycles. The SMILES string of the molecule is CSCCC(=O)N1C[C@H]2CNC[C@H]2C1. The number of nitrogens with one attached hydrogen (secondary N) is 1. The smallest absolute Gasteiger partial charge is 0.223 e. The van der Waals surface area contributed by atoms with Crippen molar-refractivity contribution in [3.05, 3.63) is 0 Å². The Balaban J connectivity index is 1.80. The van der Waals surface area contributed by atoms with Crippen molar-refractivity contribution in [1.29, 1.82) is 0 Å². The van der Waals surface area contributed by atoms with Crippen molar-refractivity contribution >= 4 is 17.7 Å². The molecule has 2 heterocycles. The van der Waals surface area contributed by atoms with Gasteiger partial charge < -0.3 is 10.2 Å². The minimum atomic E-state index is 0.355. The highest BCUT2D eigenvalue weighted by molar-refractivity contribution is 7.98. The number of amides is 1. The van der Waals surface area contributed by atoms with Crippen molar-refractivity contribution in [2.45, 2.75) is 6.42 Å². The molecule has 1 amide bonds. The van der Waals surface area contributed by atoms with Crippen LogP contribution in [0.5, 0.6) is 0 Å². The number of nitrogens with zero attached hydrogens (tertiary/aromatic N) is 1. The quantitative estimate of drug-likeness (QED) is 0.739. The van der Waals surface area contributed by atoms with Crippen molar-refractivity contribution in [3.8, 4) is 0 Å². The van der Waals surface area contributed by atoms with Crippen LogP contribution in [0.25, 0.3) is 0 Å². The Hall–Kier alpha value is -0.220. The van der Waals surface area contributed by atoms with Gasteiger partial charge in [-0.3, -0.25) is 4.79 Å². The van der Waals surface area contributed by atoms with Gasteiger partial charge in [0.05, 0.1) is 0 Å². The van der Waals surface area contributed by atoms with Gasteiger partial charge in [0.15, 0.2) is 0 Å². The third-order valence-corrected chi connectivity index (χ3v) is 3.87. The lowest BCUT2D eigenvalue weighted by Gasteiger charge is -2.16. The van der Waals surface area contributed by atoms with Crippen molar-refractivity contribution in [1.82, 2.24) is 10.2 Å². The van der Waals surface area contributed by atoms with Crippen molar-refractivity contribution < 1.29 is 4.79 Å². The molecule has 0 bridgehead atoms. The van der Waals surface area contributed by atoms with Crippen LogP contribution in [0.4, 0.5) is 0 Å². The fourth-order valence-electron chi connectivity index (χ4n) is 2.41. The van der Waals surface area contributed by atoms with Gasteiger partial charge in [-0.25, -0.2) is 0 Å². The topological polar surface area (TPSA) is 32.3 Å². The Morgan fingerprint density at radius 3 is 2.64 bits per heavy atom. The molecule has 0 saturated carbocycles. The number of likely N-dealkylation sites (tertiary alicyclic amines) is 1. The molecule has 2 fully saturated rings. The second kappa shape index (κ2) is 4.53. The van der Waals surface area contributed by atoms with E-state index in [1.165, 1.54) is 0 Å². The van der Waals surface area contributed by atoms with Crippen molar-refractivity contribution in [2.75, 3.05) is 38.2 Å². The molecule has 2 atom stereocenters. The predicted molar refractivity (Wildman–Crippen MR) is 59.4 cm³/mol. The summed E-state index contributed by atoms with van der Waals surface area (Å²) in [6.45, 7) is 4.20. The summed E-state index contributed by atoms with van der Waals surface area (Å²) in [6, 6.07) is 0. The molecule has 0 unspecified atom stereocenters. The Morgan fingerprint density at radius 2 is 2.07 bits per heavy atom.